The van der Waals surface area contributed by atoms with Crippen molar-refractivity contribution in [2.24, 2.45) is 9.98 Å². The SMILES string of the molecule is COC(=O)CCCCC(=O)N[C@@H](C)C(=O)N[C@@H](C)C(=O)Nc1cc(COc2cc3c(cc2OC)C(=O)N2c4ccccc4CC2C=N3)cc(COc2cc3c(cc2OC)C(=O)N2c4ccccc4C[C@H]2C=N3)c1. The van der Waals surface area contributed by atoms with Crippen molar-refractivity contribution in [1.82, 2.24) is 10.6 Å². The van der Waals surface area contributed by atoms with Gasteiger partial charge in [-0.1, -0.05) is 36.4 Å². The van der Waals surface area contributed by atoms with Gasteiger partial charge in [-0.3, -0.25) is 48.6 Å². The molecule has 0 saturated carbocycles. The van der Waals surface area contributed by atoms with E-state index in [1.54, 1.807) is 58.6 Å². The maximum atomic E-state index is 14.1. The molecule has 5 aromatic rings. The first-order valence-corrected chi connectivity index (χ1v) is 24.0. The highest BCUT2D eigenvalue weighted by Gasteiger charge is 2.38. The van der Waals surface area contributed by atoms with E-state index in [0.29, 0.717) is 88.0 Å². The van der Waals surface area contributed by atoms with Gasteiger partial charge in [0.15, 0.2) is 23.0 Å². The summed E-state index contributed by atoms with van der Waals surface area (Å²) in [5.41, 5.74) is 6.97. The first kappa shape index (κ1) is 49.4. The Hall–Kier alpha value is -8.54. The minimum absolute atomic E-state index is 0.0301. The van der Waals surface area contributed by atoms with E-state index in [1.165, 1.54) is 35.2 Å². The Morgan fingerprint density at radius 1 is 0.616 bits per heavy atom. The van der Waals surface area contributed by atoms with Crippen LogP contribution in [0, 0.1) is 0 Å². The summed E-state index contributed by atoms with van der Waals surface area (Å²) >= 11 is 0. The third kappa shape index (κ3) is 10.6. The van der Waals surface area contributed by atoms with Gasteiger partial charge in [-0.25, -0.2) is 0 Å². The summed E-state index contributed by atoms with van der Waals surface area (Å²) in [6.07, 6.45) is 6.04. The monoisotopic (exact) mass is 989 g/mol. The van der Waals surface area contributed by atoms with E-state index >= 15 is 0 Å². The van der Waals surface area contributed by atoms with Crippen molar-refractivity contribution in [3.05, 3.63) is 124 Å². The number of anilines is 3. The molecule has 0 aliphatic carbocycles. The van der Waals surface area contributed by atoms with Crippen molar-refractivity contribution in [1.29, 1.82) is 0 Å². The van der Waals surface area contributed by atoms with Gasteiger partial charge in [-0.05, 0) is 91.4 Å². The van der Waals surface area contributed by atoms with E-state index in [0.717, 1.165) is 22.5 Å². The van der Waals surface area contributed by atoms with Crippen molar-refractivity contribution in [2.75, 3.05) is 36.4 Å². The van der Waals surface area contributed by atoms with E-state index in [2.05, 4.69) is 20.7 Å². The number of esters is 1. The maximum Gasteiger partial charge on any atom is 0.305 e. The molecule has 0 radical (unpaired) electrons. The lowest BCUT2D eigenvalue weighted by molar-refractivity contribution is -0.140. The van der Waals surface area contributed by atoms with Crippen LogP contribution in [-0.2, 0) is 50.0 Å². The molecule has 0 aromatic heterocycles. The summed E-state index contributed by atoms with van der Waals surface area (Å²) < 4.78 is 28.9. The number of unbranched alkanes of at least 4 members (excludes halogenated alkanes) is 1. The second-order valence-corrected chi connectivity index (χ2v) is 18.2. The van der Waals surface area contributed by atoms with Crippen LogP contribution in [0.15, 0.2) is 101 Å². The number of para-hydroxylation sites is 2. The summed E-state index contributed by atoms with van der Waals surface area (Å²) in [7, 11) is 4.28. The molecule has 5 amide bonds. The highest BCUT2D eigenvalue weighted by molar-refractivity contribution is 6.16. The molecule has 3 N–H and O–H groups in total. The normalized spacial score (nSPS) is 16.5. The van der Waals surface area contributed by atoms with Crippen LogP contribution < -0.4 is 44.7 Å². The number of rotatable bonds is 18. The van der Waals surface area contributed by atoms with E-state index < -0.39 is 23.9 Å². The Labute approximate surface area is 421 Å². The van der Waals surface area contributed by atoms with Gasteiger partial charge in [0.05, 0.1) is 55.9 Å². The third-order valence-electron chi connectivity index (χ3n) is 13.2. The quantitative estimate of drug-likeness (QED) is 0.0594. The number of aliphatic imine (C=N–C) groups is 2. The predicted octanol–water partition coefficient (Wildman–Crippen LogP) is 7.12. The molecule has 0 fully saturated rings. The minimum atomic E-state index is -1.03. The van der Waals surface area contributed by atoms with E-state index in [4.69, 9.17) is 28.9 Å². The van der Waals surface area contributed by atoms with Gasteiger partial charge in [-0.15, -0.1) is 0 Å². The average Bonchev–Trinajstić information content (AvgIpc) is 3.89. The number of benzene rings is 5. The molecule has 4 aliphatic heterocycles. The van der Waals surface area contributed by atoms with Gasteiger partial charge in [0, 0.05) is 67.3 Å². The molecule has 4 heterocycles. The average molecular weight is 990 g/mol. The Balaban J connectivity index is 0.934. The van der Waals surface area contributed by atoms with Crippen LogP contribution in [0.3, 0.4) is 0 Å². The first-order chi connectivity index (χ1) is 35.3. The highest BCUT2D eigenvalue weighted by atomic mass is 16.5. The van der Waals surface area contributed by atoms with Crippen LogP contribution in [0.1, 0.15) is 82.5 Å². The highest BCUT2D eigenvalue weighted by Crippen LogP contribution is 2.43. The summed E-state index contributed by atoms with van der Waals surface area (Å²) in [5.74, 6) is -0.971. The van der Waals surface area contributed by atoms with Gasteiger partial charge < -0.3 is 39.6 Å². The molecule has 0 saturated heterocycles. The molecule has 4 atom stereocenters. The van der Waals surface area contributed by atoms with Gasteiger partial charge in [0.2, 0.25) is 17.7 Å². The number of hydrogen-bond donors (Lipinski definition) is 3. The molecule has 376 valence electrons. The molecular weight excluding hydrogens is 935 g/mol. The number of amides is 5. The standard InChI is InChI=1S/C55H55N7O11/c1-31(58-50(63)16-10-11-17-51(64)71-5)52(65)59-32(2)53(66)60-37-19-33(29-72-48-25-42-40(23-46(48)69-3)54(67)61-38(27-56-42)21-35-12-6-8-14-44(35)61)18-34(20-37)30-73-49-26-43-41(24-47(49)70-4)55(68)62-39(28-57-43)22-36-13-7-9-15-45(36)62/h6-9,12-15,18-20,23-28,31-32,38-39H,10-11,16-17,21-22,29-30H2,1-5H3,(H,58,63)(H,59,65)(H,60,66)/t31-,32-,38-,39?/m0/s1. The largest absolute Gasteiger partial charge is 0.493 e. The maximum absolute atomic E-state index is 14.1. The molecular formula is C55H55N7O11. The van der Waals surface area contributed by atoms with E-state index in [1.807, 2.05) is 54.6 Å². The molecule has 1 unspecified atom stereocenters. The lowest BCUT2D eigenvalue weighted by atomic mass is 10.1. The minimum Gasteiger partial charge on any atom is -0.493 e. The zero-order valence-electron chi connectivity index (χ0n) is 41.1. The first-order valence-electron chi connectivity index (χ1n) is 24.0. The number of hydrogen-bond acceptors (Lipinski definition) is 13. The zero-order valence-corrected chi connectivity index (χ0v) is 41.1. The molecule has 18 nitrogen and oxygen atoms in total. The third-order valence-corrected chi connectivity index (χ3v) is 13.2. The number of fused-ring (bicyclic) bond motifs is 8. The summed E-state index contributed by atoms with van der Waals surface area (Å²) in [5, 5.41) is 8.19. The van der Waals surface area contributed by atoms with Crippen LogP contribution in [-0.4, -0.2) is 93.4 Å². The van der Waals surface area contributed by atoms with Crippen molar-refractivity contribution >= 4 is 76.4 Å². The molecule has 0 bridgehead atoms. The summed E-state index contributed by atoms with van der Waals surface area (Å²) in [4.78, 5) is 91.9. The van der Waals surface area contributed by atoms with Crippen LogP contribution in [0.4, 0.5) is 28.4 Å². The Morgan fingerprint density at radius 3 is 1.62 bits per heavy atom. The zero-order chi connectivity index (χ0) is 51.3. The smallest absolute Gasteiger partial charge is 0.305 e. The Morgan fingerprint density at radius 2 is 1.11 bits per heavy atom. The number of ether oxygens (including phenoxy) is 5. The van der Waals surface area contributed by atoms with Gasteiger partial charge >= 0.3 is 5.97 Å². The molecule has 73 heavy (non-hydrogen) atoms. The lowest BCUT2D eigenvalue weighted by Crippen LogP contribution is -2.50. The number of nitrogens with one attached hydrogen (secondary N) is 3. The second kappa shape index (κ2) is 21.4. The van der Waals surface area contributed by atoms with Crippen LogP contribution in [0.25, 0.3) is 0 Å². The predicted molar refractivity (Wildman–Crippen MR) is 273 cm³/mol. The fraction of sp³-hybridized carbons (Fsp3) is 0.309. The van der Waals surface area contributed by atoms with Crippen molar-refractivity contribution in [3.8, 4) is 23.0 Å². The number of nitrogens with zero attached hydrogens (tertiary/aromatic N) is 4. The van der Waals surface area contributed by atoms with Crippen LogP contribution >= 0.6 is 0 Å². The Bertz CT molecular complexity index is 2920. The molecule has 5 aromatic carbocycles. The van der Waals surface area contributed by atoms with Gasteiger partial charge in [-0.2, -0.15) is 0 Å². The van der Waals surface area contributed by atoms with Crippen molar-refractivity contribution in [3.63, 3.8) is 0 Å². The fourth-order valence-electron chi connectivity index (χ4n) is 9.39. The fourth-order valence-corrected chi connectivity index (χ4v) is 9.39. The van der Waals surface area contributed by atoms with Gasteiger partial charge in [0.1, 0.15) is 25.3 Å². The van der Waals surface area contributed by atoms with Gasteiger partial charge in [0.25, 0.3) is 11.8 Å². The number of carbonyl (C=O) groups excluding carboxylic acids is 6. The van der Waals surface area contributed by atoms with E-state index in [-0.39, 0.29) is 61.8 Å². The lowest BCUT2D eigenvalue weighted by Gasteiger charge is -2.22. The summed E-state index contributed by atoms with van der Waals surface area (Å²) in [6.45, 7) is 2.97. The number of methoxy groups -OCH3 is 3. The van der Waals surface area contributed by atoms with Crippen molar-refractivity contribution in [2.45, 2.75) is 89.8 Å². The molecule has 4 aliphatic rings. The molecule has 9 rings (SSSR count). The van der Waals surface area contributed by atoms with E-state index in [9.17, 15) is 28.8 Å². The molecule has 0 spiro atoms. The van der Waals surface area contributed by atoms with Crippen LogP contribution in [0.5, 0.6) is 23.0 Å². The van der Waals surface area contributed by atoms with Crippen molar-refractivity contribution < 1.29 is 52.5 Å². The molecule has 18 heteroatoms. The number of carbonyl (C=O) groups is 6. The van der Waals surface area contributed by atoms with Crippen LogP contribution in [0.2, 0.25) is 0 Å². The second-order valence-electron chi connectivity index (χ2n) is 18.2. The summed E-state index contributed by atoms with van der Waals surface area (Å²) in [6, 6.07) is 25.0. The Kier molecular flexibility index (Phi) is 14.5. The topological polar surface area (TPSA) is 216 Å².